The van der Waals surface area contributed by atoms with Gasteiger partial charge < -0.3 is 0 Å². The number of carbonyl (C=O) groups is 2. The van der Waals surface area contributed by atoms with Crippen molar-refractivity contribution in [1.29, 1.82) is 0 Å². The van der Waals surface area contributed by atoms with Gasteiger partial charge in [0.2, 0.25) is 0 Å². The molecule has 2 aliphatic carbocycles. The summed E-state index contributed by atoms with van der Waals surface area (Å²) in [7, 11) is 0. The molecule has 0 N–H and O–H groups in total. The molecule has 1 atom stereocenters. The molecule has 0 saturated heterocycles. The normalized spacial score (nSPS) is 14.9. The Morgan fingerprint density at radius 3 is 1.15 bits per heavy atom. The maximum absolute atomic E-state index is 16.5. The van der Waals surface area contributed by atoms with Crippen molar-refractivity contribution in [1.82, 2.24) is 0 Å². The van der Waals surface area contributed by atoms with E-state index in [0.29, 0.717) is 43.7 Å². The Morgan fingerprint density at radius 2 is 0.817 bits per heavy atom. The zero-order chi connectivity index (χ0) is 41.1. The van der Waals surface area contributed by atoms with Gasteiger partial charge in [0.05, 0.1) is 0 Å². The molecule has 1 unspecified atom stereocenters. The zero-order valence-corrected chi connectivity index (χ0v) is 34.7. The molecule has 2 aliphatic rings. The van der Waals surface area contributed by atoms with Gasteiger partial charge >= 0.3 is 355 Å². The van der Waals surface area contributed by atoms with Gasteiger partial charge in [0.1, 0.15) is 0 Å². The van der Waals surface area contributed by atoms with E-state index >= 15 is 9.59 Å². The molecule has 60 heavy (non-hydrogen) atoms. The summed E-state index contributed by atoms with van der Waals surface area (Å²) in [6, 6.07) is 66.5. The van der Waals surface area contributed by atoms with Crippen LogP contribution in [-0.2, 0) is 42.7 Å². The van der Waals surface area contributed by atoms with Gasteiger partial charge in [-0.2, -0.15) is 0 Å². The van der Waals surface area contributed by atoms with E-state index < -0.39 is 42.6 Å². The van der Waals surface area contributed by atoms with Crippen molar-refractivity contribution in [2.24, 2.45) is 0 Å². The summed E-state index contributed by atoms with van der Waals surface area (Å²) >= 11 is -6.21. The number of carbonyl (C=O) groups excluding carboxylic acids is 2. The average molecular weight is 817 g/mol. The molecule has 292 valence electrons. The second kappa shape index (κ2) is 15.8. The van der Waals surface area contributed by atoms with Gasteiger partial charge in [-0.1, -0.05) is 0 Å². The van der Waals surface area contributed by atoms with E-state index in [4.69, 9.17) is 11.5 Å². The summed E-state index contributed by atoms with van der Waals surface area (Å²) in [5.41, 5.74) is 3.18. The molecule has 0 aromatic heterocycles. The van der Waals surface area contributed by atoms with Crippen molar-refractivity contribution in [3.63, 3.8) is 0 Å². The van der Waals surface area contributed by atoms with Crippen molar-refractivity contribution < 1.29 is 31.8 Å². The summed E-state index contributed by atoms with van der Waals surface area (Å²) in [5.74, 6) is -1.14. The zero-order valence-electron chi connectivity index (χ0n) is 33.1. The van der Waals surface area contributed by atoms with E-state index in [9.17, 15) is 0 Å². The van der Waals surface area contributed by atoms with E-state index in [1.807, 2.05) is 237 Å². The fraction of sp³-hybridized carbons (Fsp3) is 0.0727. The summed E-state index contributed by atoms with van der Waals surface area (Å²) < 4.78 is 15.2. The van der Waals surface area contributed by atoms with Crippen LogP contribution in [0.1, 0.15) is 55.2 Å². The van der Waals surface area contributed by atoms with Crippen LogP contribution in [0.3, 0.4) is 0 Å². The Hall–Kier alpha value is -6.72. The molecule has 7 aromatic carbocycles. The first-order valence-corrected chi connectivity index (χ1v) is 24.4. The van der Waals surface area contributed by atoms with Crippen molar-refractivity contribution in [3.05, 3.63) is 279 Å². The van der Waals surface area contributed by atoms with E-state index in [1.165, 1.54) is 0 Å². The monoisotopic (exact) mass is 816 g/mol. The quantitative estimate of drug-likeness (QED) is 0.0910. The molecule has 7 aromatic rings. The van der Waals surface area contributed by atoms with Crippen LogP contribution in [0.5, 0.6) is 0 Å². The fourth-order valence-electron chi connectivity index (χ4n) is 9.47. The van der Waals surface area contributed by atoms with Crippen molar-refractivity contribution in [2.45, 2.75) is 21.5 Å². The van der Waals surface area contributed by atoms with Crippen molar-refractivity contribution >= 4 is 22.8 Å². The molecule has 0 radical (unpaired) electrons. The van der Waals surface area contributed by atoms with Gasteiger partial charge in [0.25, 0.3) is 0 Å². The first-order valence-electron chi connectivity index (χ1n) is 20.4. The SMILES string of the molecule is [CH2]=[Ti]([O]C(=O)C(c1ccccc1)(c1ccccc1)c1ccccc1)([O]C(=O)C(c1ccccc1)(c1ccccc1)c1ccccc1)([C]1=CC=CC1)[CH]1C=Cc2ccccc21. The van der Waals surface area contributed by atoms with Crippen LogP contribution in [0.15, 0.2) is 234 Å². The number of fused-ring (bicyclic) bond motifs is 1. The molecule has 0 spiro atoms. The standard InChI is InChI=1S/2C20H16O2.C9H7.C5H5.CH2.Ti/c2*21-19(22)20(16-10-4-1-5-11-16,17-12-6-2-7-13-17)18-14-8-3-9-15-18;1-2-5-9-7-3-6-8(9)4-1;1-2-4-5-3-1;;/h2*1-15H,(H,21,22);1-7H;1-3H,4H2;1H2;/q;;;;;+2/p-2. The third-order valence-electron chi connectivity index (χ3n) is 12.4. The molecule has 0 fully saturated rings. The minimum absolute atomic E-state index is 0.401. The van der Waals surface area contributed by atoms with Crippen LogP contribution < -0.4 is 0 Å². The van der Waals surface area contributed by atoms with Crippen LogP contribution >= 0.6 is 0 Å². The molecule has 0 saturated carbocycles. The Bertz CT molecular complexity index is 2470. The van der Waals surface area contributed by atoms with Crippen LogP contribution in [0.2, 0.25) is 0 Å². The molecular weight excluding hydrogens is 772 g/mol. The second-order valence-corrected chi connectivity index (χ2v) is 22.4. The average Bonchev–Trinajstić information content (AvgIpc) is 4.03. The summed E-state index contributed by atoms with van der Waals surface area (Å²) in [5, 5.41) is 0. The topological polar surface area (TPSA) is 52.6 Å². The van der Waals surface area contributed by atoms with Crippen LogP contribution in [0.4, 0.5) is 0 Å². The van der Waals surface area contributed by atoms with E-state index in [1.54, 1.807) is 0 Å². The van der Waals surface area contributed by atoms with Crippen LogP contribution in [0.25, 0.3) is 6.08 Å². The number of hydrogen-bond donors (Lipinski definition) is 0. The van der Waals surface area contributed by atoms with E-state index in [-0.39, 0.29) is 0 Å². The molecule has 5 heteroatoms. The summed E-state index contributed by atoms with van der Waals surface area (Å²) in [4.78, 5) is 38.1. The van der Waals surface area contributed by atoms with Crippen LogP contribution in [-0.4, -0.2) is 16.8 Å². The fourth-order valence-corrected chi connectivity index (χ4v) is 16.4. The minimum atomic E-state index is -6.21. The Labute approximate surface area is 353 Å². The summed E-state index contributed by atoms with van der Waals surface area (Å²) in [6.45, 7) is 0. The predicted molar refractivity (Wildman–Crippen MR) is 238 cm³/mol. The number of allylic oxidation sites excluding steroid dienone is 5. The Morgan fingerprint density at radius 1 is 0.483 bits per heavy atom. The third kappa shape index (κ3) is 6.23. The molecule has 9 rings (SSSR count). The van der Waals surface area contributed by atoms with Gasteiger partial charge in [-0.25, -0.2) is 0 Å². The van der Waals surface area contributed by atoms with Gasteiger partial charge in [-0.15, -0.1) is 0 Å². The molecule has 0 heterocycles. The number of hydrogen-bond acceptors (Lipinski definition) is 4. The van der Waals surface area contributed by atoms with E-state index in [2.05, 4.69) is 0 Å². The van der Waals surface area contributed by atoms with Gasteiger partial charge in [-0.3, -0.25) is 0 Å². The molecule has 0 aliphatic heterocycles. The third-order valence-corrected chi connectivity index (χ3v) is 19.8. The maximum atomic E-state index is 16.5. The van der Waals surface area contributed by atoms with Gasteiger partial charge in [0, 0.05) is 0 Å². The van der Waals surface area contributed by atoms with Crippen LogP contribution in [0, 0.1) is 0 Å². The number of rotatable bonds is 12. The number of benzene rings is 7. The molecular formula is C55H44O4Ti. The first kappa shape index (κ1) is 38.8. The van der Waals surface area contributed by atoms with Crippen molar-refractivity contribution in [3.8, 4) is 0 Å². The Balaban J connectivity index is 1.35. The summed E-state index contributed by atoms with van der Waals surface area (Å²) in [6.07, 6.45) is 10.4. The second-order valence-electron chi connectivity index (χ2n) is 15.6. The Kier molecular flexibility index (Phi) is 10.2. The van der Waals surface area contributed by atoms with Crippen molar-refractivity contribution in [2.75, 3.05) is 0 Å². The molecule has 0 bridgehead atoms. The van der Waals surface area contributed by atoms with Gasteiger partial charge in [-0.05, 0) is 0 Å². The first-order chi connectivity index (χ1) is 29.4. The van der Waals surface area contributed by atoms with Gasteiger partial charge in [0.15, 0.2) is 0 Å². The predicted octanol–water partition coefficient (Wildman–Crippen LogP) is 11.7. The molecule has 4 nitrogen and oxygen atoms in total. The van der Waals surface area contributed by atoms with E-state index in [0.717, 1.165) is 11.1 Å². The molecule has 0 amide bonds.